The van der Waals surface area contributed by atoms with Gasteiger partial charge in [0, 0.05) is 28.0 Å². The molecular formula is C20H19BrF3N5. The molecule has 2 aromatic heterocycles. The number of nitrogens with zero attached hydrogens (tertiary/aromatic N) is 3. The minimum atomic E-state index is -4.47. The van der Waals surface area contributed by atoms with Crippen molar-refractivity contribution in [3.05, 3.63) is 58.7 Å². The third-order valence-corrected chi connectivity index (χ3v) is 4.38. The maximum atomic E-state index is 13.2. The Morgan fingerprint density at radius 3 is 2.31 bits per heavy atom. The predicted molar refractivity (Wildman–Crippen MR) is 111 cm³/mol. The van der Waals surface area contributed by atoms with Crippen LogP contribution in [0.3, 0.4) is 0 Å². The zero-order valence-electron chi connectivity index (χ0n) is 16.0. The Balaban J connectivity index is 2.01. The summed E-state index contributed by atoms with van der Waals surface area (Å²) in [5, 5.41) is 6.12. The lowest BCUT2D eigenvalue weighted by Crippen LogP contribution is -2.27. The van der Waals surface area contributed by atoms with Crippen molar-refractivity contribution in [2.75, 3.05) is 10.6 Å². The average molecular weight is 466 g/mol. The zero-order valence-corrected chi connectivity index (χ0v) is 17.6. The van der Waals surface area contributed by atoms with Crippen LogP contribution in [-0.4, -0.2) is 20.5 Å². The van der Waals surface area contributed by atoms with Crippen molar-refractivity contribution in [2.45, 2.75) is 32.5 Å². The molecule has 0 saturated carbocycles. The first-order chi connectivity index (χ1) is 13.5. The second-order valence-electron chi connectivity index (χ2n) is 7.37. The van der Waals surface area contributed by atoms with Crippen LogP contribution in [0, 0.1) is 0 Å². The van der Waals surface area contributed by atoms with Gasteiger partial charge in [0.15, 0.2) is 0 Å². The summed E-state index contributed by atoms with van der Waals surface area (Å²) in [6.45, 7) is 5.88. The molecule has 0 radical (unpaired) electrons. The van der Waals surface area contributed by atoms with E-state index < -0.39 is 11.7 Å². The lowest BCUT2D eigenvalue weighted by atomic mass is 10.1. The molecule has 0 fully saturated rings. The predicted octanol–water partition coefficient (Wildman–Crippen LogP) is 6.27. The van der Waals surface area contributed by atoms with Gasteiger partial charge in [0.05, 0.1) is 17.0 Å². The number of benzene rings is 1. The number of aromatic nitrogens is 3. The second kappa shape index (κ2) is 7.98. The van der Waals surface area contributed by atoms with Crippen LogP contribution in [-0.2, 0) is 6.18 Å². The number of hydrogen-bond donors (Lipinski definition) is 2. The molecule has 0 spiro atoms. The normalized spacial score (nSPS) is 12.0. The number of anilines is 3. The highest BCUT2D eigenvalue weighted by molar-refractivity contribution is 9.10. The molecule has 3 rings (SSSR count). The van der Waals surface area contributed by atoms with Gasteiger partial charge in [-0.3, -0.25) is 4.98 Å². The number of halogens is 4. The Morgan fingerprint density at radius 1 is 0.931 bits per heavy atom. The summed E-state index contributed by atoms with van der Waals surface area (Å²) >= 11 is 2.95. The largest absolute Gasteiger partial charge is 0.417 e. The summed E-state index contributed by atoms with van der Waals surface area (Å²) < 4.78 is 39.6. The Kier molecular flexibility index (Phi) is 5.79. The van der Waals surface area contributed by atoms with E-state index in [-0.39, 0.29) is 15.7 Å². The maximum Gasteiger partial charge on any atom is 0.417 e. The molecule has 3 aromatic rings. The first-order valence-corrected chi connectivity index (χ1v) is 9.53. The quantitative estimate of drug-likeness (QED) is 0.474. The van der Waals surface area contributed by atoms with Crippen LogP contribution in [0.1, 0.15) is 26.3 Å². The fraction of sp³-hybridized carbons (Fsp3) is 0.250. The molecule has 9 heteroatoms. The average Bonchev–Trinajstić information content (AvgIpc) is 2.61. The van der Waals surface area contributed by atoms with Crippen molar-refractivity contribution in [3.8, 4) is 11.4 Å². The summed E-state index contributed by atoms with van der Waals surface area (Å²) in [6, 6.07) is 11.0. The number of pyridine rings is 1. The van der Waals surface area contributed by atoms with E-state index in [1.165, 1.54) is 6.07 Å². The Morgan fingerprint density at radius 2 is 1.69 bits per heavy atom. The van der Waals surface area contributed by atoms with Crippen LogP contribution in [0.2, 0.25) is 0 Å². The van der Waals surface area contributed by atoms with Gasteiger partial charge < -0.3 is 10.6 Å². The third-order valence-electron chi connectivity index (χ3n) is 3.68. The van der Waals surface area contributed by atoms with E-state index in [2.05, 4.69) is 41.5 Å². The van der Waals surface area contributed by atoms with Crippen LogP contribution in [0.5, 0.6) is 0 Å². The van der Waals surface area contributed by atoms with Crippen LogP contribution < -0.4 is 10.6 Å². The summed E-state index contributed by atoms with van der Waals surface area (Å²) in [5.41, 5.74) is 0.355. The Labute approximate surface area is 174 Å². The molecular weight excluding hydrogens is 447 g/mol. The van der Waals surface area contributed by atoms with Crippen molar-refractivity contribution < 1.29 is 13.2 Å². The van der Waals surface area contributed by atoms with Crippen LogP contribution in [0.15, 0.2) is 53.1 Å². The molecule has 2 N–H and O–H groups in total. The molecule has 0 atom stereocenters. The summed E-state index contributed by atoms with van der Waals surface area (Å²) in [5.74, 6) is 0.694. The number of rotatable bonds is 4. The Bertz CT molecular complexity index is 1000. The minimum absolute atomic E-state index is 0.0255. The first kappa shape index (κ1) is 21.0. The van der Waals surface area contributed by atoms with Crippen LogP contribution in [0.25, 0.3) is 11.4 Å². The molecule has 0 saturated heterocycles. The summed E-state index contributed by atoms with van der Waals surface area (Å²) in [7, 11) is 0. The Hall–Kier alpha value is -2.68. The summed E-state index contributed by atoms with van der Waals surface area (Å²) in [4.78, 5) is 13.2. The van der Waals surface area contributed by atoms with Gasteiger partial charge in [-0.15, -0.1) is 0 Å². The fourth-order valence-electron chi connectivity index (χ4n) is 2.52. The number of nitrogens with one attached hydrogen (secondary N) is 2. The molecule has 1 aromatic carbocycles. The van der Waals surface area contributed by atoms with E-state index in [9.17, 15) is 13.2 Å². The monoisotopic (exact) mass is 465 g/mol. The topological polar surface area (TPSA) is 62.7 Å². The molecule has 0 aliphatic carbocycles. The molecule has 0 amide bonds. The van der Waals surface area contributed by atoms with E-state index in [0.29, 0.717) is 23.2 Å². The SMILES string of the molecule is CC(C)(C)Nc1nc(Nc2ccc(Br)c(C(F)(F)F)c2)cc(-c2ccccn2)n1. The first-order valence-electron chi connectivity index (χ1n) is 8.74. The molecule has 152 valence electrons. The van der Waals surface area contributed by atoms with E-state index in [0.717, 1.165) is 6.07 Å². The van der Waals surface area contributed by atoms with Gasteiger partial charge in [0.25, 0.3) is 0 Å². The van der Waals surface area contributed by atoms with Gasteiger partial charge in [-0.2, -0.15) is 18.2 Å². The van der Waals surface area contributed by atoms with Crippen LogP contribution in [0.4, 0.5) is 30.6 Å². The van der Waals surface area contributed by atoms with Crippen molar-refractivity contribution in [3.63, 3.8) is 0 Å². The van der Waals surface area contributed by atoms with Crippen molar-refractivity contribution >= 4 is 33.4 Å². The van der Waals surface area contributed by atoms with Gasteiger partial charge in [-0.1, -0.05) is 22.0 Å². The highest BCUT2D eigenvalue weighted by Crippen LogP contribution is 2.37. The molecule has 29 heavy (non-hydrogen) atoms. The van der Waals surface area contributed by atoms with Gasteiger partial charge >= 0.3 is 6.18 Å². The van der Waals surface area contributed by atoms with E-state index in [4.69, 9.17) is 0 Å². The van der Waals surface area contributed by atoms with Crippen molar-refractivity contribution in [1.82, 2.24) is 15.0 Å². The second-order valence-corrected chi connectivity index (χ2v) is 8.22. The maximum absolute atomic E-state index is 13.2. The lowest BCUT2D eigenvalue weighted by Gasteiger charge is -2.21. The smallest absolute Gasteiger partial charge is 0.350 e. The third kappa shape index (κ3) is 5.66. The minimum Gasteiger partial charge on any atom is -0.350 e. The van der Waals surface area contributed by atoms with Gasteiger partial charge in [0.1, 0.15) is 5.82 Å². The van der Waals surface area contributed by atoms with E-state index in [1.54, 1.807) is 30.5 Å². The van der Waals surface area contributed by atoms with Gasteiger partial charge in [-0.05, 0) is 51.1 Å². The number of hydrogen-bond acceptors (Lipinski definition) is 5. The fourth-order valence-corrected chi connectivity index (χ4v) is 2.99. The van der Waals surface area contributed by atoms with Gasteiger partial charge in [0.2, 0.25) is 5.95 Å². The number of alkyl halides is 3. The summed E-state index contributed by atoms with van der Waals surface area (Å²) in [6.07, 6.45) is -2.83. The van der Waals surface area contributed by atoms with E-state index in [1.807, 2.05) is 26.8 Å². The molecule has 2 heterocycles. The lowest BCUT2D eigenvalue weighted by molar-refractivity contribution is -0.138. The molecule has 0 bridgehead atoms. The molecule has 0 unspecified atom stereocenters. The standard InChI is InChI=1S/C20H19BrF3N5/c1-19(2,3)29-18-27-16(15-6-4-5-9-25-15)11-17(28-18)26-12-7-8-14(21)13(10-12)20(22,23)24/h4-11H,1-3H3,(H2,26,27,28,29). The van der Waals surface area contributed by atoms with Gasteiger partial charge in [-0.25, -0.2) is 4.98 Å². The van der Waals surface area contributed by atoms with E-state index >= 15 is 0 Å². The van der Waals surface area contributed by atoms with Crippen molar-refractivity contribution in [2.24, 2.45) is 0 Å². The zero-order chi connectivity index (χ0) is 21.2. The van der Waals surface area contributed by atoms with Crippen LogP contribution >= 0.6 is 15.9 Å². The molecule has 0 aliphatic heterocycles. The van der Waals surface area contributed by atoms with Crippen molar-refractivity contribution in [1.29, 1.82) is 0 Å². The molecule has 0 aliphatic rings. The molecule has 5 nitrogen and oxygen atoms in total. The highest BCUT2D eigenvalue weighted by Gasteiger charge is 2.33. The highest BCUT2D eigenvalue weighted by atomic mass is 79.9.